The maximum absolute atomic E-state index is 4.45. The van der Waals surface area contributed by atoms with Crippen LogP contribution in [0.25, 0.3) is 0 Å². The average molecular weight is 213 g/mol. The summed E-state index contributed by atoms with van der Waals surface area (Å²) >= 11 is 2.10. The van der Waals surface area contributed by atoms with Gasteiger partial charge in [-0.15, -0.1) is 0 Å². The number of thioether (sulfide) groups is 1. The van der Waals surface area contributed by atoms with Crippen molar-refractivity contribution in [3.05, 3.63) is 0 Å². The van der Waals surface area contributed by atoms with E-state index in [2.05, 4.69) is 40.8 Å². The molecular weight excluding hydrogens is 194 g/mol. The van der Waals surface area contributed by atoms with E-state index in [1.54, 1.807) is 0 Å². The van der Waals surface area contributed by atoms with E-state index in [4.69, 9.17) is 0 Å². The molecule has 4 heteroatoms. The van der Waals surface area contributed by atoms with Crippen LogP contribution in [0, 0.1) is 0 Å². The first kappa shape index (κ1) is 10.1. The van der Waals surface area contributed by atoms with Crippen LogP contribution in [0.2, 0.25) is 0 Å². The number of hydrogen-bond acceptors (Lipinski definition) is 4. The number of likely N-dealkylation sites (tertiary alicyclic amines) is 1. The van der Waals surface area contributed by atoms with Gasteiger partial charge in [0.15, 0.2) is 5.96 Å². The molecule has 14 heavy (non-hydrogen) atoms. The molecule has 1 atom stereocenters. The van der Waals surface area contributed by atoms with Crippen LogP contribution in [0.1, 0.15) is 20.3 Å². The highest BCUT2D eigenvalue weighted by atomic mass is 32.2. The van der Waals surface area contributed by atoms with Crippen molar-refractivity contribution < 1.29 is 0 Å². The summed E-state index contributed by atoms with van der Waals surface area (Å²) in [4.78, 5) is 6.85. The van der Waals surface area contributed by atoms with Gasteiger partial charge in [0.1, 0.15) is 0 Å². The van der Waals surface area contributed by atoms with Gasteiger partial charge in [0.2, 0.25) is 0 Å². The molecule has 0 saturated carbocycles. The molecule has 80 valence electrons. The monoisotopic (exact) mass is 213 g/mol. The Kier molecular flexibility index (Phi) is 3.21. The summed E-state index contributed by atoms with van der Waals surface area (Å²) in [6, 6.07) is 0. The van der Waals surface area contributed by atoms with Gasteiger partial charge in [-0.25, -0.2) is 0 Å². The van der Waals surface area contributed by atoms with Gasteiger partial charge in [0.25, 0.3) is 0 Å². The van der Waals surface area contributed by atoms with Crippen LogP contribution in [0.4, 0.5) is 0 Å². The van der Waals surface area contributed by atoms with E-state index in [9.17, 15) is 0 Å². The van der Waals surface area contributed by atoms with Crippen LogP contribution in [-0.4, -0.2) is 47.5 Å². The molecule has 0 spiro atoms. The number of hydrogen-bond donors (Lipinski definition) is 1. The highest BCUT2D eigenvalue weighted by molar-refractivity contribution is 8.00. The second-order valence-corrected chi connectivity index (χ2v) is 6.06. The lowest BCUT2D eigenvalue weighted by atomic mass is 10.4. The molecule has 1 fully saturated rings. The fraction of sp³-hybridized carbons (Fsp3) is 0.900. The largest absolute Gasteiger partial charge is 0.354 e. The summed E-state index contributed by atoms with van der Waals surface area (Å²) in [5.41, 5.74) is 0. The molecule has 1 N–H and O–H groups in total. The van der Waals surface area contributed by atoms with Crippen molar-refractivity contribution >= 4 is 17.7 Å². The lowest BCUT2D eigenvalue weighted by molar-refractivity contribution is 0.505. The fourth-order valence-electron chi connectivity index (χ4n) is 2.01. The fourth-order valence-corrected chi connectivity index (χ4v) is 3.29. The molecule has 1 saturated heterocycles. The molecule has 0 aromatic rings. The third kappa shape index (κ3) is 2.35. The van der Waals surface area contributed by atoms with Crippen LogP contribution in [0.3, 0.4) is 0 Å². The quantitative estimate of drug-likeness (QED) is 0.746. The van der Waals surface area contributed by atoms with Gasteiger partial charge >= 0.3 is 0 Å². The van der Waals surface area contributed by atoms with Gasteiger partial charge in [-0.3, -0.25) is 4.99 Å². The van der Waals surface area contributed by atoms with E-state index in [0.29, 0.717) is 0 Å². The molecule has 3 nitrogen and oxygen atoms in total. The maximum Gasteiger partial charge on any atom is 0.194 e. The van der Waals surface area contributed by atoms with E-state index in [1.807, 2.05) is 0 Å². The molecule has 2 heterocycles. The maximum atomic E-state index is 4.45. The lowest BCUT2D eigenvalue weighted by Gasteiger charge is -2.18. The average Bonchev–Trinajstić information content (AvgIpc) is 2.69. The van der Waals surface area contributed by atoms with Gasteiger partial charge in [-0.2, -0.15) is 11.8 Å². The van der Waals surface area contributed by atoms with E-state index in [0.717, 1.165) is 29.5 Å². The SMILES string of the molecule is CC(C)SC1CCN(C2=NCCN2)C1. The number of guanidine groups is 1. The molecule has 0 amide bonds. The third-order valence-electron chi connectivity index (χ3n) is 2.57. The zero-order valence-corrected chi connectivity index (χ0v) is 9.81. The smallest absolute Gasteiger partial charge is 0.194 e. The topological polar surface area (TPSA) is 27.6 Å². The molecule has 0 aromatic carbocycles. The summed E-state index contributed by atoms with van der Waals surface area (Å²) in [5.74, 6) is 1.14. The van der Waals surface area contributed by atoms with Crippen molar-refractivity contribution in [1.82, 2.24) is 10.2 Å². The first-order valence-corrected chi connectivity index (χ1v) is 6.38. The van der Waals surface area contributed by atoms with Crippen molar-refractivity contribution in [3.8, 4) is 0 Å². The van der Waals surface area contributed by atoms with Gasteiger partial charge < -0.3 is 10.2 Å². The lowest BCUT2D eigenvalue weighted by Crippen LogP contribution is -2.37. The highest BCUT2D eigenvalue weighted by Gasteiger charge is 2.26. The van der Waals surface area contributed by atoms with Crippen molar-refractivity contribution in [1.29, 1.82) is 0 Å². The van der Waals surface area contributed by atoms with Crippen LogP contribution < -0.4 is 5.32 Å². The van der Waals surface area contributed by atoms with Crippen molar-refractivity contribution in [2.45, 2.75) is 30.8 Å². The number of aliphatic imine (C=N–C) groups is 1. The Bertz CT molecular complexity index is 227. The molecular formula is C10H19N3S. The van der Waals surface area contributed by atoms with E-state index in [1.165, 1.54) is 19.5 Å². The third-order valence-corrected chi connectivity index (χ3v) is 3.88. The van der Waals surface area contributed by atoms with Crippen LogP contribution >= 0.6 is 11.8 Å². The Morgan fingerprint density at radius 1 is 1.57 bits per heavy atom. The highest BCUT2D eigenvalue weighted by Crippen LogP contribution is 2.26. The minimum Gasteiger partial charge on any atom is -0.354 e. The summed E-state index contributed by atoms with van der Waals surface area (Å²) in [6.07, 6.45) is 1.31. The van der Waals surface area contributed by atoms with Crippen molar-refractivity contribution in [2.75, 3.05) is 26.2 Å². The van der Waals surface area contributed by atoms with E-state index < -0.39 is 0 Å². The van der Waals surface area contributed by atoms with Crippen LogP contribution in [-0.2, 0) is 0 Å². The summed E-state index contributed by atoms with van der Waals surface area (Å²) in [7, 11) is 0. The molecule has 0 aliphatic carbocycles. The zero-order chi connectivity index (χ0) is 9.97. The molecule has 0 aromatic heterocycles. The number of nitrogens with zero attached hydrogens (tertiary/aromatic N) is 2. The summed E-state index contributed by atoms with van der Waals surface area (Å²) in [6.45, 7) is 8.88. The molecule has 1 unspecified atom stereocenters. The second kappa shape index (κ2) is 4.43. The zero-order valence-electron chi connectivity index (χ0n) is 8.99. The normalized spacial score (nSPS) is 26.9. The van der Waals surface area contributed by atoms with Crippen LogP contribution in [0.5, 0.6) is 0 Å². The van der Waals surface area contributed by atoms with Gasteiger partial charge in [-0.1, -0.05) is 13.8 Å². The van der Waals surface area contributed by atoms with Crippen LogP contribution in [0.15, 0.2) is 4.99 Å². The van der Waals surface area contributed by atoms with Crippen molar-refractivity contribution in [2.24, 2.45) is 4.99 Å². The molecule has 2 rings (SSSR count). The molecule has 0 radical (unpaired) electrons. The first-order valence-electron chi connectivity index (χ1n) is 5.44. The van der Waals surface area contributed by atoms with Gasteiger partial charge in [-0.05, 0) is 11.7 Å². The Morgan fingerprint density at radius 2 is 2.43 bits per heavy atom. The number of nitrogens with one attached hydrogen (secondary N) is 1. The summed E-state index contributed by atoms with van der Waals surface area (Å²) < 4.78 is 0. The Labute approximate surface area is 90.3 Å². The molecule has 2 aliphatic heterocycles. The van der Waals surface area contributed by atoms with E-state index in [-0.39, 0.29) is 0 Å². The minimum absolute atomic E-state index is 0.749. The number of rotatable bonds is 2. The Hall–Kier alpha value is -0.380. The Balaban J connectivity index is 1.82. The predicted octanol–water partition coefficient (Wildman–Crippen LogP) is 1.16. The molecule has 2 aliphatic rings. The Morgan fingerprint density at radius 3 is 3.07 bits per heavy atom. The second-order valence-electron chi connectivity index (χ2n) is 4.17. The molecule has 0 bridgehead atoms. The van der Waals surface area contributed by atoms with Gasteiger partial charge in [0, 0.05) is 24.9 Å². The van der Waals surface area contributed by atoms with E-state index >= 15 is 0 Å². The minimum atomic E-state index is 0.749. The first-order chi connectivity index (χ1) is 6.75. The van der Waals surface area contributed by atoms with Crippen molar-refractivity contribution in [3.63, 3.8) is 0 Å². The summed E-state index contributed by atoms with van der Waals surface area (Å²) in [5, 5.41) is 4.89. The standard InChI is InChI=1S/C10H19N3S/c1-8(2)14-9-3-6-13(7-9)10-11-4-5-12-10/h8-9H,3-7H2,1-2H3,(H,11,12). The predicted molar refractivity (Wildman–Crippen MR) is 63.0 cm³/mol. The van der Waals surface area contributed by atoms with Gasteiger partial charge in [0.05, 0.1) is 6.54 Å².